The Balaban J connectivity index is 1.45. The van der Waals surface area contributed by atoms with Gasteiger partial charge in [-0.2, -0.15) is 0 Å². The molecule has 0 spiro atoms. The highest BCUT2D eigenvalue weighted by Gasteiger charge is 2.14. The van der Waals surface area contributed by atoms with Crippen LogP contribution >= 0.6 is 22.7 Å². The van der Waals surface area contributed by atoms with E-state index in [4.69, 9.17) is 9.47 Å². The lowest BCUT2D eigenvalue weighted by Gasteiger charge is -2.11. The first-order valence-corrected chi connectivity index (χ1v) is 10.2. The third kappa shape index (κ3) is 4.55. The van der Waals surface area contributed by atoms with Crippen LogP contribution in [-0.2, 0) is 6.61 Å². The van der Waals surface area contributed by atoms with Crippen LogP contribution in [0, 0.1) is 0 Å². The number of rotatable bonds is 7. The van der Waals surface area contributed by atoms with Crippen molar-refractivity contribution in [3.63, 3.8) is 0 Å². The molecule has 8 nitrogen and oxygen atoms in total. The topological polar surface area (TPSA) is 99.1 Å². The number of carbonyl (C=O) groups excluding carboxylic acids is 1. The van der Waals surface area contributed by atoms with Gasteiger partial charge in [0.2, 0.25) is 5.13 Å². The van der Waals surface area contributed by atoms with E-state index >= 15 is 0 Å². The largest absolute Gasteiger partial charge is 0.493 e. The minimum absolute atomic E-state index is 0.313. The fraction of sp³-hybridized carbons (Fsp3) is 0.105. The third-order valence-electron chi connectivity index (χ3n) is 3.83. The summed E-state index contributed by atoms with van der Waals surface area (Å²) < 4.78 is 11.1. The number of aromatic nitrogens is 4. The summed E-state index contributed by atoms with van der Waals surface area (Å²) in [6, 6.07) is 8.66. The summed E-state index contributed by atoms with van der Waals surface area (Å²) in [5.41, 5.74) is 1.31. The van der Waals surface area contributed by atoms with Crippen molar-refractivity contribution in [1.29, 1.82) is 0 Å². The van der Waals surface area contributed by atoms with Crippen molar-refractivity contribution in [2.75, 3.05) is 12.4 Å². The standard InChI is InChI=1S/C19H15N5O3S2/c1-26-15-10-13(2-3-14(15)27-11-16-21-8-9-28-16)17(25)22-19-24-23-18(29-19)12-4-6-20-7-5-12/h2-10H,11H2,1H3,(H,22,24,25). The molecule has 0 radical (unpaired) electrons. The van der Waals surface area contributed by atoms with Crippen LogP contribution in [0.4, 0.5) is 5.13 Å². The molecule has 3 heterocycles. The molecule has 3 aromatic heterocycles. The second-order valence-corrected chi connectivity index (χ2v) is 7.64. The second kappa shape index (κ2) is 8.76. The average Bonchev–Trinajstić information content (AvgIpc) is 3.45. The predicted octanol–water partition coefficient (Wildman–Crippen LogP) is 3.90. The van der Waals surface area contributed by atoms with Gasteiger partial charge in [-0.05, 0) is 30.3 Å². The van der Waals surface area contributed by atoms with Crippen molar-refractivity contribution < 1.29 is 14.3 Å². The lowest BCUT2D eigenvalue weighted by atomic mass is 10.2. The molecule has 0 fully saturated rings. The van der Waals surface area contributed by atoms with Gasteiger partial charge in [0.25, 0.3) is 5.91 Å². The normalized spacial score (nSPS) is 10.5. The molecular weight excluding hydrogens is 410 g/mol. The van der Waals surface area contributed by atoms with Crippen molar-refractivity contribution in [2.24, 2.45) is 0 Å². The van der Waals surface area contributed by atoms with Crippen LogP contribution in [0.15, 0.2) is 54.3 Å². The monoisotopic (exact) mass is 425 g/mol. The van der Waals surface area contributed by atoms with E-state index in [9.17, 15) is 4.79 Å². The molecule has 0 atom stereocenters. The van der Waals surface area contributed by atoms with Gasteiger partial charge in [0.05, 0.1) is 7.11 Å². The van der Waals surface area contributed by atoms with Gasteiger partial charge in [-0.1, -0.05) is 11.3 Å². The number of anilines is 1. The zero-order chi connectivity index (χ0) is 20.1. The lowest BCUT2D eigenvalue weighted by Crippen LogP contribution is -2.12. The van der Waals surface area contributed by atoms with Gasteiger partial charge in [0.1, 0.15) is 16.6 Å². The zero-order valence-corrected chi connectivity index (χ0v) is 16.9. The molecule has 29 heavy (non-hydrogen) atoms. The Hall–Kier alpha value is -3.37. The molecule has 0 aliphatic heterocycles. The molecule has 146 valence electrons. The number of amides is 1. The SMILES string of the molecule is COc1cc(C(=O)Nc2nnc(-c3ccncc3)s2)ccc1OCc1nccs1. The number of benzene rings is 1. The second-order valence-electron chi connectivity index (χ2n) is 5.68. The highest BCUT2D eigenvalue weighted by molar-refractivity contribution is 7.18. The van der Waals surface area contributed by atoms with Crippen LogP contribution in [0.5, 0.6) is 11.5 Å². The predicted molar refractivity (Wildman–Crippen MR) is 111 cm³/mol. The van der Waals surface area contributed by atoms with Crippen LogP contribution in [0.2, 0.25) is 0 Å². The first-order valence-electron chi connectivity index (χ1n) is 8.47. The first-order chi connectivity index (χ1) is 14.2. The molecule has 4 aromatic rings. The number of nitrogens with one attached hydrogen (secondary N) is 1. The number of hydrogen-bond donors (Lipinski definition) is 1. The van der Waals surface area contributed by atoms with E-state index in [-0.39, 0.29) is 5.91 Å². The lowest BCUT2D eigenvalue weighted by molar-refractivity contribution is 0.102. The van der Waals surface area contributed by atoms with Gasteiger partial charge < -0.3 is 9.47 Å². The molecule has 0 aliphatic carbocycles. The van der Waals surface area contributed by atoms with Gasteiger partial charge in [-0.3, -0.25) is 15.1 Å². The third-order valence-corrected chi connectivity index (χ3v) is 5.47. The molecule has 4 rings (SSSR count). The minimum atomic E-state index is -0.313. The van der Waals surface area contributed by atoms with Crippen LogP contribution in [0.1, 0.15) is 15.4 Å². The molecule has 1 N–H and O–H groups in total. The summed E-state index contributed by atoms with van der Waals surface area (Å²) in [7, 11) is 1.53. The highest BCUT2D eigenvalue weighted by Crippen LogP contribution is 2.30. The Morgan fingerprint density at radius 3 is 2.72 bits per heavy atom. The summed E-state index contributed by atoms with van der Waals surface area (Å²) >= 11 is 2.79. The van der Waals surface area contributed by atoms with Crippen molar-refractivity contribution in [3.05, 3.63) is 64.9 Å². The number of methoxy groups -OCH3 is 1. The highest BCUT2D eigenvalue weighted by atomic mass is 32.1. The van der Waals surface area contributed by atoms with E-state index in [1.54, 1.807) is 36.8 Å². The van der Waals surface area contributed by atoms with E-state index in [0.29, 0.717) is 33.8 Å². The van der Waals surface area contributed by atoms with Crippen LogP contribution < -0.4 is 14.8 Å². The summed E-state index contributed by atoms with van der Waals surface area (Å²) in [6.45, 7) is 0.335. The summed E-state index contributed by atoms with van der Waals surface area (Å²) in [5.74, 6) is 0.686. The molecule has 1 amide bonds. The van der Waals surface area contributed by atoms with Gasteiger partial charge in [-0.15, -0.1) is 21.5 Å². The summed E-state index contributed by atoms with van der Waals surface area (Å²) in [4.78, 5) is 20.8. The first kappa shape index (κ1) is 19.0. The molecule has 0 saturated carbocycles. The number of thiazole rings is 1. The summed E-state index contributed by atoms with van der Waals surface area (Å²) in [5, 5.41) is 14.7. The number of ether oxygens (including phenoxy) is 2. The molecule has 1 aromatic carbocycles. The van der Waals surface area contributed by atoms with Crippen LogP contribution in [0.25, 0.3) is 10.6 Å². The number of carbonyl (C=O) groups is 1. The van der Waals surface area contributed by atoms with E-state index in [2.05, 4.69) is 25.5 Å². The molecule has 0 bridgehead atoms. The average molecular weight is 425 g/mol. The number of nitrogens with zero attached hydrogens (tertiary/aromatic N) is 4. The maximum absolute atomic E-state index is 12.6. The van der Waals surface area contributed by atoms with Crippen molar-refractivity contribution in [2.45, 2.75) is 6.61 Å². The molecule has 0 unspecified atom stereocenters. The van der Waals surface area contributed by atoms with Crippen molar-refractivity contribution in [3.8, 4) is 22.1 Å². The molecule has 0 saturated heterocycles. The summed E-state index contributed by atoms with van der Waals surface area (Å²) in [6.07, 6.45) is 5.08. The minimum Gasteiger partial charge on any atom is -0.493 e. The molecule has 0 aliphatic rings. The fourth-order valence-corrected chi connectivity index (χ4v) is 3.72. The van der Waals surface area contributed by atoms with Gasteiger partial charge >= 0.3 is 0 Å². The fourth-order valence-electron chi connectivity index (χ4n) is 2.45. The van der Waals surface area contributed by atoms with E-state index < -0.39 is 0 Å². The van der Waals surface area contributed by atoms with E-state index in [0.717, 1.165) is 10.6 Å². The Kier molecular flexibility index (Phi) is 5.73. The van der Waals surface area contributed by atoms with E-state index in [1.807, 2.05) is 17.5 Å². The number of hydrogen-bond acceptors (Lipinski definition) is 9. The maximum Gasteiger partial charge on any atom is 0.257 e. The van der Waals surface area contributed by atoms with Crippen LogP contribution in [-0.4, -0.2) is 33.2 Å². The van der Waals surface area contributed by atoms with Gasteiger partial charge in [-0.25, -0.2) is 4.98 Å². The smallest absolute Gasteiger partial charge is 0.257 e. The number of pyridine rings is 1. The Morgan fingerprint density at radius 1 is 1.10 bits per heavy atom. The van der Waals surface area contributed by atoms with Gasteiger partial charge in [0.15, 0.2) is 11.5 Å². The van der Waals surface area contributed by atoms with E-state index in [1.165, 1.54) is 29.8 Å². The van der Waals surface area contributed by atoms with Gasteiger partial charge in [0, 0.05) is 35.1 Å². The molecule has 10 heteroatoms. The Morgan fingerprint density at radius 2 is 1.97 bits per heavy atom. The Labute approximate surface area is 174 Å². The Bertz CT molecular complexity index is 1100. The van der Waals surface area contributed by atoms with Crippen LogP contribution in [0.3, 0.4) is 0 Å². The maximum atomic E-state index is 12.6. The quantitative estimate of drug-likeness (QED) is 0.479. The molecular formula is C19H15N5O3S2. The zero-order valence-electron chi connectivity index (χ0n) is 15.2. The van der Waals surface area contributed by atoms with Crippen molar-refractivity contribution in [1.82, 2.24) is 20.2 Å². The van der Waals surface area contributed by atoms with Crippen molar-refractivity contribution >= 4 is 33.7 Å².